The zero-order chi connectivity index (χ0) is 15.8. The van der Waals surface area contributed by atoms with Gasteiger partial charge in [-0.15, -0.1) is 11.6 Å². The van der Waals surface area contributed by atoms with Gasteiger partial charge < -0.3 is 10.6 Å². The lowest BCUT2D eigenvalue weighted by Crippen LogP contribution is -2.49. The minimum absolute atomic E-state index is 0.0706. The lowest BCUT2D eigenvalue weighted by molar-refractivity contribution is -0.139. The second-order valence-corrected chi connectivity index (χ2v) is 5.83. The number of carbonyl (C=O) groups excluding carboxylic acids is 2. The minimum Gasteiger partial charge on any atom is -0.347 e. The topological polar surface area (TPSA) is 61.4 Å². The number of hydrogen-bond acceptors (Lipinski definition) is 3. The second kappa shape index (κ2) is 8.76. The molecule has 1 aromatic rings. The molecule has 1 heterocycles. The molecule has 0 aliphatic carbocycles. The molecular formula is C16H22ClN3O2. The lowest BCUT2D eigenvalue weighted by atomic mass is 10.0. The number of amides is 2. The summed E-state index contributed by atoms with van der Waals surface area (Å²) in [7, 11) is 0. The molecule has 6 heteroatoms. The molecule has 22 heavy (non-hydrogen) atoms. The van der Waals surface area contributed by atoms with E-state index >= 15 is 0 Å². The SMILES string of the molecule is O=C(NCCCl)C(=O)NC1CCN(Cc2ccccc2)CC1. The predicted octanol–water partition coefficient (Wildman–Crippen LogP) is 1.12. The van der Waals surface area contributed by atoms with Crippen LogP contribution >= 0.6 is 11.6 Å². The number of alkyl halides is 1. The van der Waals surface area contributed by atoms with Crippen molar-refractivity contribution >= 4 is 23.4 Å². The highest BCUT2D eigenvalue weighted by Crippen LogP contribution is 2.13. The van der Waals surface area contributed by atoms with Gasteiger partial charge in [0.2, 0.25) is 0 Å². The van der Waals surface area contributed by atoms with Crippen molar-refractivity contribution in [2.24, 2.45) is 0 Å². The third kappa shape index (κ3) is 5.31. The molecule has 0 bridgehead atoms. The zero-order valence-corrected chi connectivity index (χ0v) is 13.3. The van der Waals surface area contributed by atoms with Crippen molar-refractivity contribution in [3.63, 3.8) is 0 Å². The number of halogens is 1. The fraction of sp³-hybridized carbons (Fsp3) is 0.500. The highest BCUT2D eigenvalue weighted by Gasteiger charge is 2.23. The van der Waals surface area contributed by atoms with Gasteiger partial charge in [0.1, 0.15) is 0 Å². The van der Waals surface area contributed by atoms with Gasteiger partial charge in [-0.3, -0.25) is 14.5 Å². The Balaban J connectivity index is 1.71. The van der Waals surface area contributed by atoms with E-state index in [4.69, 9.17) is 11.6 Å². The first-order chi connectivity index (χ1) is 10.7. The van der Waals surface area contributed by atoms with Crippen LogP contribution in [0.5, 0.6) is 0 Å². The summed E-state index contributed by atoms with van der Waals surface area (Å²) in [6.07, 6.45) is 1.72. The maximum atomic E-state index is 11.7. The molecule has 2 rings (SSSR count). The van der Waals surface area contributed by atoms with E-state index in [9.17, 15) is 9.59 Å². The highest BCUT2D eigenvalue weighted by molar-refractivity contribution is 6.35. The Morgan fingerprint density at radius 1 is 1.14 bits per heavy atom. The van der Waals surface area contributed by atoms with Gasteiger partial charge in [-0.05, 0) is 18.4 Å². The molecule has 1 aromatic carbocycles. The van der Waals surface area contributed by atoms with E-state index in [0.29, 0.717) is 12.4 Å². The van der Waals surface area contributed by atoms with Gasteiger partial charge in [0.25, 0.3) is 0 Å². The number of nitrogens with one attached hydrogen (secondary N) is 2. The number of likely N-dealkylation sites (tertiary alicyclic amines) is 1. The Kier molecular flexibility index (Phi) is 6.68. The van der Waals surface area contributed by atoms with Gasteiger partial charge in [0, 0.05) is 38.1 Å². The van der Waals surface area contributed by atoms with E-state index in [1.165, 1.54) is 5.56 Å². The van der Waals surface area contributed by atoms with Crippen LogP contribution in [0.4, 0.5) is 0 Å². The van der Waals surface area contributed by atoms with Crippen molar-refractivity contribution in [1.29, 1.82) is 0 Å². The average Bonchev–Trinajstić information content (AvgIpc) is 2.55. The van der Waals surface area contributed by atoms with Crippen LogP contribution in [-0.2, 0) is 16.1 Å². The van der Waals surface area contributed by atoms with Crippen LogP contribution in [0.2, 0.25) is 0 Å². The second-order valence-electron chi connectivity index (χ2n) is 5.45. The fourth-order valence-electron chi connectivity index (χ4n) is 2.57. The van der Waals surface area contributed by atoms with E-state index in [-0.39, 0.29) is 6.04 Å². The monoisotopic (exact) mass is 323 g/mol. The minimum atomic E-state index is -0.604. The normalized spacial score (nSPS) is 16.2. The fourth-order valence-corrected chi connectivity index (χ4v) is 2.66. The number of rotatable bonds is 5. The van der Waals surface area contributed by atoms with E-state index in [1.807, 2.05) is 18.2 Å². The van der Waals surface area contributed by atoms with E-state index in [1.54, 1.807) is 0 Å². The molecule has 2 N–H and O–H groups in total. The molecule has 0 aromatic heterocycles. The van der Waals surface area contributed by atoms with Crippen molar-refractivity contribution in [2.45, 2.75) is 25.4 Å². The number of hydrogen-bond donors (Lipinski definition) is 2. The van der Waals surface area contributed by atoms with Crippen LogP contribution in [0.15, 0.2) is 30.3 Å². The smallest absolute Gasteiger partial charge is 0.309 e. The summed E-state index contributed by atoms with van der Waals surface area (Å²) in [6, 6.07) is 10.4. The van der Waals surface area contributed by atoms with Crippen LogP contribution in [0.3, 0.4) is 0 Å². The van der Waals surface area contributed by atoms with E-state index < -0.39 is 11.8 Å². The third-order valence-electron chi connectivity index (χ3n) is 3.76. The summed E-state index contributed by atoms with van der Waals surface area (Å²) < 4.78 is 0. The first-order valence-corrected chi connectivity index (χ1v) is 8.13. The van der Waals surface area contributed by atoms with Gasteiger partial charge in [0.15, 0.2) is 0 Å². The first-order valence-electron chi connectivity index (χ1n) is 7.60. The van der Waals surface area contributed by atoms with Crippen molar-refractivity contribution in [3.05, 3.63) is 35.9 Å². The third-order valence-corrected chi connectivity index (χ3v) is 3.95. The number of benzene rings is 1. The van der Waals surface area contributed by atoms with Crippen LogP contribution < -0.4 is 10.6 Å². The summed E-state index contributed by atoms with van der Waals surface area (Å²) >= 11 is 5.47. The first kappa shape index (κ1) is 16.8. The molecule has 0 unspecified atom stereocenters. The van der Waals surface area contributed by atoms with Crippen molar-refractivity contribution in [1.82, 2.24) is 15.5 Å². The van der Waals surface area contributed by atoms with E-state index in [0.717, 1.165) is 32.5 Å². The Morgan fingerprint density at radius 3 is 2.45 bits per heavy atom. The van der Waals surface area contributed by atoms with Gasteiger partial charge in [-0.25, -0.2) is 0 Å². The molecule has 1 fully saturated rings. The highest BCUT2D eigenvalue weighted by atomic mass is 35.5. The molecule has 1 aliphatic rings. The Labute approximate surface area is 136 Å². The predicted molar refractivity (Wildman–Crippen MR) is 86.6 cm³/mol. The van der Waals surface area contributed by atoms with Gasteiger partial charge in [-0.1, -0.05) is 30.3 Å². The summed E-state index contributed by atoms with van der Waals surface area (Å²) in [4.78, 5) is 25.6. The molecule has 0 saturated carbocycles. The Hall–Kier alpha value is -1.59. The maximum Gasteiger partial charge on any atom is 0.309 e. The summed E-state index contributed by atoms with van der Waals surface area (Å²) in [5, 5.41) is 5.26. The maximum absolute atomic E-state index is 11.7. The van der Waals surface area contributed by atoms with Crippen molar-refractivity contribution in [3.8, 4) is 0 Å². The molecular weight excluding hydrogens is 302 g/mol. The summed E-state index contributed by atoms with van der Waals surface area (Å²) in [5.74, 6) is -0.865. The molecule has 1 aliphatic heterocycles. The Morgan fingerprint density at radius 2 is 1.82 bits per heavy atom. The summed E-state index contributed by atoms with van der Waals surface area (Å²) in [5.41, 5.74) is 1.30. The molecule has 0 atom stereocenters. The largest absolute Gasteiger partial charge is 0.347 e. The van der Waals surface area contributed by atoms with Crippen molar-refractivity contribution in [2.75, 3.05) is 25.5 Å². The molecule has 0 spiro atoms. The lowest BCUT2D eigenvalue weighted by Gasteiger charge is -2.32. The molecule has 120 valence electrons. The number of carbonyl (C=O) groups is 2. The summed E-state index contributed by atoms with van der Waals surface area (Å²) in [6.45, 7) is 3.08. The van der Waals surface area contributed by atoms with Crippen LogP contribution in [-0.4, -0.2) is 48.3 Å². The standard InChI is InChI=1S/C16H22ClN3O2/c17-8-9-18-15(21)16(22)19-14-6-10-20(11-7-14)12-13-4-2-1-3-5-13/h1-5,14H,6-12H2,(H,18,21)(H,19,22). The quantitative estimate of drug-likeness (QED) is 0.630. The Bertz CT molecular complexity index is 487. The van der Waals surface area contributed by atoms with E-state index in [2.05, 4.69) is 27.7 Å². The molecule has 1 saturated heterocycles. The van der Waals surface area contributed by atoms with Gasteiger partial charge >= 0.3 is 11.8 Å². The number of piperidine rings is 1. The van der Waals surface area contributed by atoms with Crippen LogP contribution in [0.1, 0.15) is 18.4 Å². The average molecular weight is 324 g/mol. The van der Waals surface area contributed by atoms with Crippen LogP contribution in [0.25, 0.3) is 0 Å². The van der Waals surface area contributed by atoms with Gasteiger partial charge in [0.05, 0.1) is 0 Å². The molecule has 5 nitrogen and oxygen atoms in total. The molecule has 2 amide bonds. The zero-order valence-electron chi connectivity index (χ0n) is 12.6. The van der Waals surface area contributed by atoms with Gasteiger partial charge in [-0.2, -0.15) is 0 Å². The molecule has 0 radical (unpaired) electrons. The van der Waals surface area contributed by atoms with Crippen LogP contribution in [0, 0.1) is 0 Å². The number of nitrogens with zero attached hydrogens (tertiary/aromatic N) is 1. The van der Waals surface area contributed by atoms with Crippen molar-refractivity contribution < 1.29 is 9.59 Å².